The molecule has 0 radical (unpaired) electrons. The Bertz CT molecular complexity index is 1100. The first-order chi connectivity index (χ1) is 12.7. The van der Waals surface area contributed by atoms with Gasteiger partial charge in [0.2, 0.25) is 5.91 Å². The van der Waals surface area contributed by atoms with Gasteiger partial charge in [0.25, 0.3) is 5.56 Å². The highest BCUT2D eigenvalue weighted by Gasteiger charge is 2.19. The van der Waals surface area contributed by atoms with E-state index < -0.39 is 17.0 Å². The summed E-state index contributed by atoms with van der Waals surface area (Å²) in [5.41, 5.74) is 1.58. The van der Waals surface area contributed by atoms with E-state index >= 15 is 0 Å². The smallest absolute Gasteiger partial charge is 0.261 e. The lowest BCUT2D eigenvalue weighted by Gasteiger charge is -2.12. The molecule has 0 saturated carbocycles. The predicted octanol–water partition coefficient (Wildman–Crippen LogP) is 3.85. The summed E-state index contributed by atoms with van der Waals surface area (Å²) in [6.07, 6.45) is 0. The standard InChI is InChI=1S/C18H16ClFN4O2S/c1-8-6-9(2)21-15-14(8)17(26)24-18(23-15)27-10(3)16(25)22-13-5-4-11(19)7-12(13)20/h4-7,10H,1-3H3,(H,22,25)(H,21,23,24,26)/t10-/m0/s1. The number of pyridine rings is 1. The fourth-order valence-corrected chi connectivity index (χ4v) is 3.51. The van der Waals surface area contributed by atoms with Crippen LogP contribution in [0, 0.1) is 19.7 Å². The van der Waals surface area contributed by atoms with E-state index in [9.17, 15) is 14.0 Å². The van der Waals surface area contributed by atoms with E-state index in [0.717, 1.165) is 29.1 Å². The van der Waals surface area contributed by atoms with Crippen LogP contribution in [0.5, 0.6) is 0 Å². The number of fused-ring (bicyclic) bond motifs is 1. The molecule has 3 aromatic rings. The molecule has 27 heavy (non-hydrogen) atoms. The second-order valence-electron chi connectivity index (χ2n) is 6.02. The summed E-state index contributed by atoms with van der Waals surface area (Å²) >= 11 is 6.76. The third kappa shape index (κ3) is 4.28. The Balaban J connectivity index is 1.82. The Morgan fingerprint density at radius 3 is 2.74 bits per heavy atom. The lowest BCUT2D eigenvalue weighted by Crippen LogP contribution is -2.24. The van der Waals surface area contributed by atoms with Crippen LogP contribution >= 0.6 is 23.4 Å². The number of anilines is 1. The minimum absolute atomic E-state index is 0.0322. The van der Waals surface area contributed by atoms with Crippen molar-refractivity contribution in [2.45, 2.75) is 31.2 Å². The van der Waals surface area contributed by atoms with Crippen LogP contribution in [0.3, 0.4) is 0 Å². The first kappa shape index (κ1) is 19.3. The molecule has 0 saturated heterocycles. The zero-order valence-electron chi connectivity index (χ0n) is 14.8. The third-order valence-electron chi connectivity index (χ3n) is 3.83. The molecule has 1 atom stereocenters. The molecular weight excluding hydrogens is 391 g/mol. The molecule has 0 fully saturated rings. The molecular formula is C18H16ClFN4O2S. The molecule has 140 valence electrons. The van der Waals surface area contributed by atoms with Crippen molar-refractivity contribution in [3.05, 3.63) is 56.7 Å². The average molecular weight is 407 g/mol. The van der Waals surface area contributed by atoms with E-state index in [-0.39, 0.29) is 21.4 Å². The van der Waals surface area contributed by atoms with Crippen molar-refractivity contribution in [3.8, 4) is 0 Å². The van der Waals surface area contributed by atoms with Gasteiger partial charge in [-0.15, -0.1) is 0 Å². The van der Waals surface area contributed by atoms with Crippen molar-refractivity contribution in [2.75, 3.05) is 5.32 Å². The van der Waals surface area contributed by atoms with Gasteiger partial charge in [0.1, 0.15) is 5.82 Å². The van der Waals surface area contributed by atoms with Crippen LogP contribution in [0.2, 0.25) is 5.02 Å². The number of aromatic amines is 1. The van der Waals surface area contributed by atoms with Crippen molar-refractivity contribution in [3.63, 3.8) is 0 Å². The molecule has 0 aliphatic rings. The van der Waals surface area contributed by atoms with Crippen LogP contribution in [-0.2, 0) is 4.79 Å². The third-order valence-corrected chi connectivity index (χ3v) is 5.05. The lowest BCUT2D eigenvalue weighted by molar-refractivity contribution is -0.115. The normalized spacial score (nSPS) is 12.2. The highest BCUT2D eigenvalue weighted by atomic mass is 35.5. The number of hydrogen-bond donors (Lipinski definition) is 2. The fourth-order valence-electron chi connectivity index (χ4n) is 2.56. The number of nitrogens with zero attached hydrogens (tertiary/aromatic N) is 2. The van der Waals surface area contributed by atoms with E-state index in [1.165, 1.54) is 12.1 Å². The predicted molar refractivity (Wildman–Crippen MR) is 105 cm³/mol. The van der Waals surface area contributed by atoms with Crippen LogP contribution in [0.25, 0.3) is 11.0 Å². The Kier molecular flexibility index (Phi) is 5.48. The molecule has 2 N–H and O–H groups in total. The van der Waals surface area contributed by atoms with E-state index in [1.807, 2.05) is 19.9 Å². The molecule has 6 nitrogen and oxygen atoms in total. The average Bonchev–Trinajstić information content (AvgIpc) is 2.56. The highest BCUT2D eigenvalue weighted by Crippen LogP contribution is 2.24. The molecule has 2 aromatic heterocycles. The maximum atomic E-state index is 13.8. The maximum Gasteiger partial charge on any atom is 0.261 e. The number of halogens is 2. The van der Waals surface area contributed by atoms with Gasteiger partial charge < -0.3 is 10.3 Å². The number of aromatic nitrogens is 3. The van der Waals surface area contributed by atoms with Crippen molar-refractivity contribution >= 4 is 46.0 Å². The summed E-state index contributed by atoms with van der Waals surface area (Å²) < 4.78 is 13.8. The summed E-state index contributed by atoms with van der Waals surface area (Å²) in [7, 11) is 0. The summed E-state index contributed by atoms with van der Waals surface area (Å²) in [6.45, 7) is 5.27. The van der Waals surface area contributed by atoms with E-state index in [1.54, 1.807) is 6.92 Å². The number of amides is 1. The number of aryl methyl sites for hydroxylation is 2. The van der Waals surface area contributed by atoms with Gasteiger partial charge in [-0.3, -0.25) is 9.59 Å². The number of carbonyl (C=O) groups excluding carboxylic acids is 1. The molecule has 3 rings (SSSR count). The second kappa shape index (κ2) is 7.66. The summed E-state index contributed by atoms with van der Waals surface area (Å²) in [5, 5.41) is 2.79. The molecule has 0 aliphatic carbocycles. The summed E-state index contributed by atoms with van der Waals surface area (Å²) in [6, 6.07) is 5.80. The fraction of sp³-hybridized carbons (Fsp3) is 0.222. The molecule has 0 aliphatic heterocycles. The summed E-state index contributed by atoms with van der Waals surface area (Å²) in [4.78, 5) is 36.0. The van der Waals surface area contributed by atoms with Crippen LogP contribution < -0.4 is 10.9 Å². The number of thioether (sulfide) groups is 1. The largest absolute Gasteiger partial charge is 0.323 e. The number of benzene rings is 1. The van der Waals surface area contributed by atoms with Crippen LogP contribution in [0.1, 0.15) is 18.2 Å². The maximum absolute atomic E-state index is 13.8. The lowest BCUT2D eigenvalue weighted by atomic mass is 10.2. The molecule has 0 unspecified atom stereocenters. The second-order valence-corrected chi connectivity index (χ2v) is 7.79. The first-order valence-corrected chi connectivity index (χ1v) is 9.31. The molecule has 1 aromatic carbocycles. The molecule has 2 heterocycles. The zero-order chi connectivity index (χ0) is 19.7. The van der Waals surface area contributed by atoms with Gasteiger partial charge in [-0.1, -0.05) is 23.4 Å². The monoisotopic (exact) mass is 406 g/mol. The molecule has 9 heteroatoms. The van der Waals surface area contributed by atoms with Gasteiger partial charge in [-0.05, 0) is 50.6 Å². The minimum atomic E-state index is -0.633. The number of hydrogen-bond acceptors (Lipinski definition) is 5. The van der Waals surface area contributed by atoms with Gasteiger partial charge in [-0.2, -0.15) is 0 Å². The van der Waals surface area contributed by atoms with Crippen molar-refractivity contribution < 1.29 is 9.18 Å². The van der Waals surface area contributed by atoms with Crippen molar-refractivity contribution in [1.29, 1.82) is 0 Å². The van der Waals surface area contributed by atoms with Crippen molar-refractivity contribution in [1.82, 2.24) is 15.0 Å². The highest BCUT2D eigenvalue weighted by molar-refractivity contribution is 8.00. The number of H-pyrrole nitrogens is 1. The number of nitrogens with one attached hydrogen (secondary N) is 2. The van der Waals surface area contributed by atoms with Gasteiger partial charge >= 0.3 is 0 Å². The van der Waals surface area contributed by atoms with E-state index in [0.29, 0.717) is 11.0 Å². The van der Waals surface area contributed by atoms with Crippen molar-refractivity contribution in [2.24, 2.45) is 0 Å². The van der Waals surface area contributed by atoms with Crippen LogP contribution in [0.15, 0.2) is 34.2 Å². The topological polar surface area (TPSA) is 87.7 Å². The molecule has 0 bridgehead atoms. The van der Waals surface area contributed by atoms with Crippen LogP contribution in [-0.4, -0.2) is 26.1 Å². The van der Waals surface area contributed by atoms with Gasteiger partial charge in [0, 0.05) is 10.7 Å². The Hall–Kier alpha value is -2.45. The Labute approximate surface area is 163 Å². The SMILES string of the molecule is Cc1cc(C)c2c(=O)[nH]c(S[C@@H](C)C(=O)Nc3ccc(Cl)cc3F)nc2n1. The number of rotatable bonds is 4. The van der Waals surface area contributed by atoms with Gasteiger partial charge in [0.05, 0.1) is 16.3 Å². The Morgan fingerprint density at radius 1 is 1.30 bits per heavy atom. The molecule has 1 amide bonds. The Morgan fingerprint density at radius 2 is 2.04 bits per heavy atom. The van der Waals surface area contributed by atoms with Crippen LogP contribution in [0.4, 0.5) is 10.1 Å². The first-order valence-electron chi connectivity index (χ1n) is 8.05. The number of carbonyl (C=O) groups is 1. The van der Waals surface area contributed by atoms with Gasteiger partial charge in [-0.25, -0.2) is 14.4 Å². The summed E-state index contributed by atoms with van der Waals surface area (Å²) in [5.74, 6) is -1.06. The van der Waals surface area contributed by atoms with Gasteiger partial charge in [0.15, 0.2) is 10.8 Å². The zero-order valence-corrected chi connectivity index (χ0v) is 16.3. The minimum Gasteiger partial charge on any atom is -0.323 e. The van der Waals surface area contributed by atoms with E-state index in [2.05, 4.69) is 20.3 Å². The molecule has 0 spiro atoms. The van der Waals surface area contributed by atoms with E-state index in [4.69, 9.17) is 11.6 Å². The quantitative estimate of drug-likeness (QED) is 0.507.